The number of hydrogen-bond donors (Lipinski definition) is 0. The lowest BCUT2D eigenvalue weighted by Gasteiger charge is -2.40. The van der Waals surface area contributed by atoms with Crippen LogP contribution in [0.15, 0.2) is 0 Å². The molecule has 0 saturated carbocycles. The largest absolute Gasteiger partial charge is 0.410 e. The third kappa shape index (κ3) is 8.33. The summed E-state index contributed by atoms with van der Waals surface area (Å²) in [5, 5.41) is -0.0688. The van der Waals surface area contributed by atoms with E-state index in [9.17, 15) is 13.0 Å². The van der Waals surface area contributed by atoms with Crippen molar-refractivity contribution in [1.29, 1.82) is 0 Å². The highest BCUT2D eigenvalue weighted by Crippen LogP contribution is 2.60. The van der Waals surface area contributed by atoms with E-state index in [-0.39, 0.29) is 23.9 Å². The molecule has 8 nitrogen and oxygen atoms in total. The van der Waals surface area contributed by atoms with Gasteiger partial charge in [0.1, 0.15) is 0 Å². The summed E-state index contributed by atoms with van der Waals surface area (Å²) >= 11 is 0. The Kier molecular flexibility index (Phi) is 9.18. The van der Waals surface area contributed by atoms with Crippen molar-refractivity contribution in [2.75, 3.05) is 12.9 Å². The van der Waals surface area contributed by atoms with Gasteiger partial charge in [-0.3, -0.25) is 8.75 Å². The molecule has 1 aliphatic heterocycles. The number of rotatable bonds is 10. The maximum atomic E-state index is 13.7. The zero-order valence-electron chi connectivity index (χ0n) is 19.4. The highest BCUT2D eigenvalue weighted by Gasteiger charge is 2.53. The highest BCUT2D eigenvalue weighted by atomic mass is 32.2. The summed E-state index contributed by atoms with van der Waals surface area (Å²) in [7, 11) is -9.56. The molecule has 1 fully saturated rings. The van der Waals surface area contributed by atoms with Crippen molar-refractivity contribution in [2.24, 2.45) is 0 Å². The zero-order chi connectivity index (χ0) is 22.8. The third-order valence-corrected chi connectivity index (χ3v) is 12.5. The first-order valence-electron chi connectivity index (χ1n) is 10.0. The van der Waals surface area contributed by atoms with Crippen LogP contribution in [0.2, 0.25) is 18.1 Å². The molecule has 0 spiro atoms. The molecule has 1 saturated heterocycles. The maximum Gasteiger partial charge on any atom is 0.362 e. The molecule has 0 aromatic carbocycles. The molecular formula is C18H39O8PSSi. The van der Waals surface area contributed by atoms with Crippen LogP contribution in [-0.2, 0) is 37.1 Å². The van der Waals surface area contributed by atoms with Crippen molar-refractivity contribution >= 4 is 26.0 Å². The summed E-state index contributed by atoms with van der Waals surface area (Å²) in [4.78, 5) is 0. The quantitative estimate of drug-likeness (QED) is 0.259. The number of ether oxygens (including phenoxy) is 1. The van der Waals surface area contributed by atoms with E-state index in [0.29, 0.717) is 6.42 Å². The molecule has 3 unspecified atom stereocenters. The van der Waals surface area contributed by atoms with E-state index >= 15 is 0 Å². The Morgan fingerprint density at radius 2 is 1.59 bits per heavy atom. The van der Waals surface area contributed by atoms with Crippen molar-refractivity contribution in [3.05, 3.63) is 0 Å². The summed E-state index contributed by atoms with van der Waals surface area (Å²) in [6, 6.07) is 0. The maximum absolute atomic E-state index is 13.7. The summed E-state index contributed by atoms with van der Waals surface area (Å²) < 4.78 is 65.4. The predicted molar refractivity (Wildman–Crippen MR) is 116 cm³/mol. The minimum absolute atomic E-state index is 0.0688. The standard InChI is InChI=1S/C18H39O8PSSi/c1-13(2)24-27(19,25-14(3)4)17-16(26-29(9,10)18(5,6)7)11-15(23-17)12-22-28(8,20)21/h13-17H,11-12H2,1-10H3. The van der Waals surface area contributed by atoms with Gasteiger partial charge in [0.25, 0.3) is 10.1 Å². The Morgan fingerprint density at radius 3 is 1.97 bits per heavy atom. The summed E-state index contributed by atoms with van der Waals surface area (Å²) in [5.41, 5.74) is 0. The summed E-state index contributed by atoms with van der Waals surface area (Å²) in [5.74, 6) is -0.949. The van der Waals surface area contributed by atoms with Gasteiger partial charge in [-0.05, 0) is 45.8 Å². The molecule has 29 heavy (non-hydrogen) atoms. The molecule has 0 bridgehead atoms. The highest BCUT2D eigenvalue weighted by molar-refractivity contribution is 7.85. The minimum Gasteiger partial charge on any atom is -0.410 e. The molecule has 1 heterocycles. The molecule has 11 heteroatoms. The Morgan fingerprint density at radius 1 is 1.10 bits per heavy atom. The Bertz CT molecular complexity index is 672. The predicted octanol–water partition coefficient (Wildman–Crippen LogP) is 4.51. The van der Waals surface area contributed by atoms with Crippen molar-refractivity contribution in [3.8, 4) is 0 Å². The SMILES string of the molecule is CC(C)OP(=O)(OC(C)C)C1OC(COS(C)(=O)=O)CC1O[Si](C)(C)C(C)(C)C. The Hall–Kier alpha value is 0.197. The molecule has 0 radical (unpaired) electrons. The minimum atomic E-state index is -3.71. The second-order valence-corrected chi connectivity index (χ2v) is 18.0. The fourth-order valence-electron chi connectivity index (χ4n) is 2.69. The van der Waals surface area contributed by atoms with Crippen LogP contribution in [0.4, 0.5) is 0 Å². The van der Waals surface area contributed by atoms with Gasteiger partial charge in [-0.2, -0.15) is 8.42 Å². The lowest BCUT2D eigenvalue weighted by molar-refractivity contribution is 0.0104. The van der Waals surface area contributed by atoms with E-state index in [1.54, 1.807) is 27.7 Å². The number of hydrogen-bond acceptors (Lipinski definition) is 8. The average Bonchev–Trinajstić information content (AvgIpc) is 2.84. The first-order chi connectivity index (χ1) is 12.9. The van der Waals surface area contributed by atoms with Crippen LogP contribution in [-0.4, -0.2) is 59.9 Å². The molecule has 1 aliphatic rings. The molecule has 1 rings (SSSR count). The van der Waals surface area contributed by atoms with Crippen LogP contribution >= 0.6 is 7.60 Å². The molecule has 0 N–H and O–H groups in total. The molecule has 0 aromatic rings. The van der Waals surface area contributed by atoms with Crippen LogP contribution in [0, 0.1) is 0 Å². The first kappa shape index (κ1) is 27.2. The van der Waals surface area contributed by atoms with Crippen molar-refractivity contribution < 1.29 is 35.4 Å². The lowest BCUT2D eigenvalue weighted by Crippen LogP contribution is -2.46. The molecule has 0 aliphatic carbocycles. The van der Waals surface area contributed by atoms with Crippen molar-refractivity contribution in [2.45, 2.75) is 103 Å². The van der Waals surface area contributed by atoms with Gasteiger partial charge in [-0.15, -0.1) is 0 Å². The topological polar surface area (TPSA) is 97.4 Å². The Balaban J connectivity index is 3.21. The summed E-state index contributed by atoms with van der Waals surface area (Å²) in [6.45, 7) is 17.5. The first-order valence-corrected chi connectivity index (χ1v) is 16.3. The van der Waals surface area contributed by atoms with E-state index in [2.05, 4.69) is 33.9 Å². The molecule has 0 aromatic heterocycles. The van der Waals surface area contributed by atoms with Gasteiger partial charge in [0.05, 0.1) is 37.3 Å². The van der Waals surface area contributed by atoms with E-state index in [1.165, 1.54) is 0 Å². The fraction of sp³-hybridized carbons (Fsp3) is 1.00. The summed E-state index contributed by atoms with van der Waals surface area (Å²) in [6.07, 6.45) is -0.500. The van der Waals surface area contributed by atoms with E-state index in [4.69, 9.17) is 22.4 Å². The molecule has 0 amide bonds. The van der Waals surface area contributed by atoms with E-state index in [1.807, 2.05) is 0 Å². The van der Waals surface area contributed by atoms with Crippen molar-refractivity contribution in [1.82, 2.24) is 0 Å². The van der Waals surface area contributed by atoms with Gasteiger partial charge in [0.15, 0.2) is 14.2 Å². The van der Waals surface area contributed by atoms with Crippen LogP contribution in [0.25, 0.3) is 0 Å². The van der Waals surface area contributed by atoms with E-state index < -0.39 is 44.1 Å². The third-order valence-electron chi connectivity index (χ3n) is 4.89. The zero-order valence-corrected chi connectivity index (χ0v) is 22.1. The van der Waals surface area contributed by atoms with E-state index in [0.717, 1.165) is 6.26 Å². The molecule has 174 valence electrons. The van der Waals surface area contributed by atoms with Gasteiger partial charge in [-0.25, -0.2) is 0 Å². The smallest absolute Gasteiger partial charge is 0.362 e. The van der Waals surface area contributed by atoms with Gasteiger partial charge in [0, 0.05) is 6.42 Å². The normalized spacial score (nSPS) is 24.6. The Labute approximate surface area is 177 Å². The second kappa shape index (κ2) is 9.77. The van der Waals surface area contributed by atoms with Gasteiger partial charge in [0.2, 0.25) is 0 Å². The fourth-order valence-corrected chi connectivity index (χ4v) is 6.91. The van der Waals surface area contributed by atoms with Crippen LogP contribution < -0.4 is 0 Å². The lowest BCUT2D eigenvalue weighted by atomic mass is 10.2. The van der Waals surface area contributed by atoms with Crippen LogP contribution in [0.1, 0.15) is 54.9 Å². The van der Waals surface area contributed by atoms with Gasteiger partial charge in [-0.1, -0.05) is 20.8 Å². The van der Waals surface area contributed by atoms with Gasteiger partial charge < -0.3 is 18.2 Å². The van der Waals surface area contributed by atoms with Crippen LogP contribution in [0.3, 0.4) is 0 Å². The van der Waals surface area contributed by atoms with Crippen molar-refractivity contribution in [3.63, 3.8) is 0 Å². The molecular weight excluding hydrogens is 435 g/mol. The van der Waals surface area contributed by atoms with Gasteiger partial charge >= 0.3 is 7.60 Å². The second-order valence-electron chi connectivity index (χ2n) is 9.64. The monoisotopic (exact) mass is 474 g/mol. The average molecular weight is 475 g/mol. The molecule has 3 atom stereocenters. The van der Waals surface area contributed by atoms with Crippen LogP contribution in [0.5, 0.6) is 0 Å².